The molecule has 0 atom stereocenters. The molecule has 98 valence electrons. The van der Waals surface area contributed by atoms with Crippen LogP contribution in [0.1, 0.15) is 30.4 Å². The second-order valence-electron chi connectivity index (χ2n) is 4.61. The molecule has 1 saturated carbocycles. The van der Waals surface area contributed by atoms with Gasteiger partial charge < -0.3 is 9.84 Å². The molecule has 0 spiro atoms. The van der Waals surface area contributed by atoms with Crippen molar-refractivity contribution in [1.82, 2.24) is 0 Å². The highest BCUT2D eigenvalue weighted by Crippen LogP contribution is 2.45. The zero-order chi connectivity index (χ0) is 13.3. The first-order chi connectivity index (χ1) is 8.51. The van der Waals surface area contributed by atoms with Crippen LogP contribution in [0.4, 0.5) is 8.78 Å². The van der Waals surface area contributed by atoms with E-state index in [0.717, 1.165) is 6.07 Å². The molecule has 0 bridgehead atoms. The van der Waals surface area contributed by atoms with Crippen LogP contribution in [0.25, 0.3) is 0 Å². The van der Waals surface area contributed by atoms with E-state index in [4.69, 9.17) is 4.74 Å². The molecule has 0 heterocycles. The predicted octanol–water partition coefficient (Wildman–Crippen LogP) is 2.62. The van der Waals surface area contributed by atoms with Crippen molar-refractivity contribution >= 4 is 5.97 Å². The molecule has 1 aliphatic rings. The van der Waals surface area contributed by atoms with E-state index < -0.39 is 23.0 Å². The predicted molar refractivity (Wildman–Crippen MR) is 60.2 cm³/mol. The van der Waals surface area contributed by atoms with Gasteiger partial charge in [-0.25, -0.2) is 8.78 Å². The van der Waals surface area contributed by atoms with Crippen molar-refractivity contribution in [1.29, 1.82) is 0 Å². The molecule has 0 aromatic heterocycles. The fourth-order valence-electron chi connectivity index (χ4n) is 2.37. The van der Waals surface area contributed by atoms with E-state index in [2.05, 4.69) is 0 Å². The quantitative estimate of drug-likeness (QED) is 0.900. The normalized spacial score (nSPS) is 17.3. The number of carboxylic acid groups (broad SMARTS) is 1. The lowest BCUT2D eigenvalue weighted by Crippen LogP contribution is -2.43. The average molecular weight is 256 g/mol. The fourth-order valence-corrected chi connectivity index (χ4v) is 2.37. The maximum atomic E-state index is 13.8. The van der Waals surface area contributed by atoms with E-state index in [0.29, 0.717) is 24.8 Å². The maximum absolute atomic E-state index is 13.8. The second kappa shape index (κ2) is 4.65. The van der Waals surface area contributed by atoms with E-state index in [1.807, 2.05) is 0 Å². The Morgan fingerprint density at radius 3 is 2.56 bits per heavy atom. The Morgan fingerprint density at radius 2 is 2.11 bits per heavy atom. The smallest absolute Gasteiger partial charge is 0.314 e. The van der Waals surface area contributed by atoms with Crippen LogP contribution < -0.4 is 0 Å². The minimum absolute atomic E-state index is 0.0618. The van der Waals surface area contributed by atoms with Gasteiger partial charge in [-0.2, -0.15) is 0 Å². The van der Waals surface area contributed by atoms with Gasteiger partial charge in [0.25, 0.3) is 0 Å². The van der Waals surface area contributed by atoms with Crippen LogP contribution in [0.15, 0.2) is 12.1 Å². The second-order valence-corrected chi connectivity index (χ2v) is 4.61. The van der Waals surface area contributed by atoms with E-state index in [-0.39, 0.29) is 12.2 Å². The summed E-state index contributed by atoms with van der Waals surface area (Å²) in [6, 6.07) is 2.44. The average Bonchev–Trinajstić information content (AvgIpc) is 2.23. The van der Waals surface area contributed by atoms with Crippen molar-refractivity contribution in [3.05, 3.63) is 34.9 Å². The molecule has 3 nitrogen and oxygen atoms in total. The van der Waals surface area contributed by atoms with Gasteiger partial charge in [0.2, 0.25) is 0 Å². The largest absolute Gasteiger partial charge is 0.481 e. The Labute approximate surface area is 103 Å². The van der Waals surface area contributed by atoms with Gasteiger partial charge in [-0.3, -0.25) is 4.79 Å². The molecule has 0 unspecified atom stereocenters. The molecule has 2 rings (SSSR count). The summed E-state index contributed by atoms with van der Waals surface area (Å²) in [6.45, 7) is 0.125. The van der Waals surface area contributed by atoms with Crippen LogP contribution in [-0.2, 0) is 21.6 Å². The first kappa shape index (κ1) is 13.0. The zero-order valence-electron chi connectivity index (χ0n) is 10.0. The van der Waals surface area contributed by atoms with Crippen LogP contribution in [0.2, 0.25) is 0 Å². The summed E-state index contributed by atoms with van der Waals surface area (Å²) in [5.41, 5.74) is -0.887. The summed E-state index contributed by atoms with van der Waals surface area (Å²) in [5.74, 6) is -3.18. The highest BCUT2D eigenvalue weighted by Gasteiger charge is 2.48. The third kappa shape index (κ3) is 1.88. The third-order valence-electron chi connectivity index (χ3n) is 3.53. The van der Waals surface area contributed by atoms with Gasteiger partial charge >= 0.3 is 5.97 Å². The number of carboxylic acids is 1. The van der Waals surface area contributed by atoms with E-state index in [1.165, 1.54) is 13.2 Å². The van der Waals surface area contributed by atoms with E-state index in [1.54, 1.807) is 0 Å². The molecule has 1 fully saturated rings. The number of aliphatic carboxylic acids is 1. The highest BCUT2D eigenvalue weighted by atomic mass is 19.2. The number of rotatable bonds is 4. The first-order valence-corrected chi connectivity index (χ1v) is 5.72. The molecule has 0 amide bonds. The Bertz CT molecular complexity index is 481. The van der Waals surface area contributed by atoms with Gasteiger partial charge in [-0.1, -0.05) is 6.42 Å². The molecule has 1 aromatic rings. The molecule has 18 heavy (non-hydrogen) atoms. The summed E-state index contributed by atoms with van der Waals surface area (Å²) in [4.78, 5) is 11.3. The summed E-state index contributed by atoms with van der Waals surface area (Å²) in [5, 5.41) is 9.25. The van der Waals surface area contributed by atoms with E-state index in [9.17, 15) is 18.7 Å². The van der Waals surface area contributed by atoms with Crippen molar-refractivity contribution < 1.29 is 23.4 Å². The SMILES string of the molecule is COCc1cc(F)c(F)c(C2(C(=O)O)CCC2)c1. The minimum Gasteiger partial charge on any atom is -0.481 e. The summed E-state index contributed by atoms with van der Waals surface area (Å²) < 4.78 is 32.2. The Kier molecular flexibility index (Phi) is 3.34. The molecule has 0 aliphatic heterocycles. The van der Waals surface area contributed by atoms with Gasteiger partial charge in [-0.05, 0) is 30.5 Å². The first-order valence-electron chi connectivity index (χ1n) is 5.72. The Morgan fingerprint density at radius 1 is 1.44 bits per heavy atom. The maximum Gasteiger partial charge on any atom is 0.314 e. The Hall–Kier alpha value is -1.49. The molecule has 1 N–H and O–H groups in total. The van der Waals surface area contributed by atoms with Crippen molar-refractivity contribution in [2.75, 3.05) is 7.11 Å². The zero-order valence-corrected chi connectivity index (χ0v) is 10.0. The number of benzene rings is 1. The highest BCUT2D eigenvalue weighted by molar-refractivity contribution is 5.82. The van der Waals surface area contributed by atoms with Crippen molar-refractivity contribution in [2.24, 2.45) is 0 Å². The Balaban J connectivity index is 2.52. The third-order valence-corrected chi connectivity index (χ3v) is 3.53. The molecule has 1 aliphatic carbocycles. The molecular weight excluding hydrogens is 242 g/mol. The molecule has 1 aromatic carbocycles. The molecule has 0 radical (unpaired) electrons. The van der Waals surface area contributed by atoms with Crippen LogP contribution in [-0.4, -0.2) is 18.2 Å². The molecular formula is C13H14F2O3. The van der Waals surface area contributed by atoms with Gasteiger partial charge in [0.15, 0.2) is 11.6 Å². The molecule has 0 saturated heterocycles. The number of methoxy groups -OCH3 is 1. The summed E-state index contributed by atoms with van der Waals surface area (Å²) in [7, 11) is 1.44. The number of halogens is 2. The van der Waals surface area contributed by atoms with Crippen LogP contribution in [0, 0.1) is 11.6 Å². The van der Waals surface area contributed by atoms with Crippen LogP contribution >= 0.6 is 0 Å². The lowest BCUT2D eigenvalue weighted by atomic mass is 9.64. The monoisotopic (exact) mass is 256 g/mol. The molecule has 5 heteroatoms. The van der Waals surface area contributed by atoms with Gasteiger partial charge in [-0.15, -0.1) is 0 Å². The van der Waals surface area contributed by atoms with Crippen LogP contribution in [0.5, 0.6) is 0 Å². The standard InChI is InChI=1S/C13H14F2O3/c1-18-7-8-5-9(11(15)10(14)6-8)13(12(16)17)3-2-4-13/h5-6H,2-4,7H2,1H3,(H,16,17). The number of ether oxygens (including phenoxy) is 1. The lowest BCUT2D eigenvalue weighted by Gasteiger charge is -2.38. The number of hydrogen-bond acceptors (Lipinski definition) is 2. The topological polar surface area (TPSA) is 46.5 Å². The fraction of sp³-hybridized carbons (Fsp3) is 0.462. The van der Waals surface area contributed by atoms with Crippen molar-refractivity contribution in [3.8, 4) is 0 Å². The van der Waals surface area contributed by atoms with Gasteiger partial charge in [0.05, 0.1) is 12.0 Å². The number of hydrogen-bond donors (Lipinski definition) is 1. The van der Waals surface area contributed by atoms with Crippen molar-refractivity contribution in [3.63, 3.8) is 0 Å². The summed E-state index contributed by atoms with van der Waals surface area (Å²) in [6.07, 6.45) is 1.39. The van der Waals surface area contributed by atoms with Gasteiger partial charge in [0.1, 0.15) is 0 Å². The summed E-state index contributed by atoms with van der Waals surface area (Å²) >= 11 is 0. The van der Waals surface area contributed by atoms with Crippen molar-refractivity contribution in [2.45, 2.75) is 31.3 Å². The van der Waals surface area contributed by atoms with Crippen LogP contribution in [0.3, 0.4) is 0 Å². The number of carbonyl (C=O) groups is 1. The van der Waals surface area contributed by atoms with E-state index >= 15 is 0 Å². The minimum atomic E-state index is -1.27. The van der Waals surface area contributed by atoms with Gasteiger partial charge in [0, 0.05) is 12.7 Å². The lowest BCUT2D eigenvalue weighted by molar-refractivity contribution is -0.147.